The van der Waals surface area contributed by atoms with Gasteiger partial charge in [-0.3, -0.25) is 0 Å². The lowest BCUT2D eigenvalue weighted by Crippen LogP contribution is -2.28. The van der Waals surface area contributed by atoms with Crippen molar-refractivity contribution in [3.8, 4) is 33.4 Å². The maximum absolute atomic E-state index is 4.04. The molecule has 0 heterocycles. The first-order chi connectivity index (χ1) is 27.7. The zero-order chi connectivity index (χ0) is 38.5. The van der Waals surface area contributed by atoms with Gasteiger partial charge in [0.2, 0.25) is 0 Å². The lowest BCUT2D eigenvalue weighted by atomic mass is 9.67. The highest BCUT2D eigenvalue weighted by Gasteiger charge is 2.47. The second-order valence-electron chi connectivity index (χ2n) is 13.8. The van der Waals surface area contributed by atoms with E-state index in [9.17, 15) is 0 Å². The molecule has 1 aliphatic rings. The van der Waals surface area contributed by atoms with E-state index < -0.39 is 5.41 Å². The van der Waals surface area contributed by atoms with Crippen LogP contribution in [0, 0.1) is 0 Å². The quantitative estimate of drug-likeness (QED) is 0.144. The molecule has 0 atom stereocenters. The summed E-state index contributed by atoms with van der Waals surface area (Å²) in [7, 11) is 0. The van der Waals surface area contributed by atoms with Crippen LogP contribution in [0.5, 0.6) is 0 Å². The highest BCUT2D eigenvalue weighted by Crippen LogP contribution is 2.59. The Bertz CT molecular complexity index is 2450. The molecule has 0 bridgehead atoms. The Balaban J connectivity index is 0.00000217. The van der Waals surface area contributed by atoms with Gasteiger partial charge in [-0.2, -0.15) is 0 Å². The van der Waals surface area contributed by atoms with Crippen molar-refractivity contribution in [3.05, 3.63) is 247 Å². The van der Waals surface area contributed by atoms with Crippen LogP contribution in [-0.2, 0) is 5.41 Å². The van der Waals surface area contributed by atoms with Crippen LogP contribution in [0.1, 0.15) is 47.2 Å². The topological polar surface area (TPSA) is 3.24 Å². The average molecular weight is 720 g/mol. The zero-order valence-electron chi connectivity index (χ0n) is 32.1. The Hall–Kier alpha value is -6.96. The number of fused-ring (bicyclic) bond motifs is 3. The molecule has 0 unspecified atom stereocenters. The summed E-state index contributed by atoms with van der Waals surface area (Å²) in [5.74, 6) is 0. The minimum atomic E-state index is -0.554. The monoisotopic (exact) mass is 719 g/mol. The number of anilines is 3. The fourth-order valence-corrected chi connectivity index (χ4v) is 8.32. The summed E-state index contributed by atoms with van der Waals surface area (Å²) in [4.78, 5) is 2.43. The molecule has 0 fully saturated rings. The van der Waals surface area contributed by atoms with Crippen molar-refractivity contribution >= 4 is 29.2 Å². The fraction of sp³-hybridized carbons (Fsp3) is 0.0545. The van der Waals surface area contributed by atoms with Crippen molar-refractivity contribution in [2.24, 2.45) is 0 Å². The first-order valence-corrected chi connectivity index (χ1v) is 19.5. The third kappa shape index (κ3) is 6.28. The second kappa shape index (κ2) is 15.8. The average Bonchev–Trinajstić information content (AvgIpc) is 3.60. The molecule has 1 nitrogen and oxygen atoms in total. The molecule has 56 heavy (non-hydrogen) atoms. The number of hydrogen-bond acceptors (Lipinski definition) is 1. The van der Waals surface area contributed by atoms with Gasteiger partial charge in [-0.05, 0) is 91.5 Å². The number of benzene rings is 8. The van der Waals surface area contributed by atoms with Gasteiger partial charge in [0.05, 0.1) is 11.1 Å². The maximum atomic E-state index is 4.04. The smallest absolute Gasteiger partial charge is 0.0714 e. The number of nitrogens with zero attached hydrogens (tertiary/aromatic N) is 1. The van der Waals surface area contributed by atoms with Crippen molar-refractivity contribution < 1.29 is 0 Å². The summed E-state index contributed by atoms with van der Waals surface area (Å²) >= 11 is 0. The molecule has 1 heteroatoms. The van der Waals surface area contributed by atoms with E-state index >= 15 is 0 Å². The van der Waals surface area contributed by atoms with E-state index in [1.165, 1.54) is 55.6 Å². The standard InChI is InChI=1S/C53H39N.C2H6/c1-3-38-22-30-44(31-23-38)53(45-32-24-39(4-2)25-33-45)49-19-12-11-18-48(49)52-50(53)20-13-21-51(52)54(46-34-26-42(27-35-46)40-14-7-5-8-15-40)47-36-28-43(29-37-47)41-16-9-6-10-17-41;1-2/h3-37H,1-2H2;1-2H3. The second-order valence-corrected chi connectivity index (χ2v) is 13.8. The van der Waals surface area contributed by atoms with Crippen LogP contribution in [0.15, 0.2) is 213 Å². The van der Waals surface area contributed by atoms with Gasteiger partial charge in [0.1, 0.15) is 0 Å². The van der Waals surface area contributed by atoms with Gasteiger partial charge in [0.25, 0.3) is 0 Å². The highest BCUT2D eigenvalue weighted by atomic mass is 15.1. The van der Waals surface area contributed by atoms with Crippen LogP contribution in [0.3, 0.4) is 0 Å². The molecule has 0 aromatic heterocycles. The molecule has 0 N–H and O–H groups in total. The largest absolute Gasteiger partial charge is 0.310 e. The minimum Gasteiger partial charge on any atom is -0.310 e. The van der Waals surface area contributed by atoms with Gasteiger partial charge < -0.3 is 4.90 Å². The normalized spacial score (nSPS) is 12.0. The van der Waals surface area contributed by atoms with Crippen LogP contribution in [0.25, 0.3) is 45.5 Å². The third-order valence-corrected chi connectivity index (χ3v) is 10.9. The van der Waals surface area contributed by atoms with E-state index in [0.717, 1.165) is 28.2 Å². The summed E-state index contributed by atoms with van der Waals surface area (Å²) in [6.45, 7) is 12.1. The highest BCUT2D eigenvalue weighted by molar-refractivity contribution is 5.97. The molecular formula is C55H45N. The van der Waals surface area contributed by atoms with Gasteiger partial charge in [0, 0.05) is 16.9 Å². The molecule has 1 aliphatic carbocycles. The Morgan fingerprint density at radius 2 is 0.804 bits per heavy atom. The van der Waals surface area contributed by atoms with Crippen molar-refractivity contribution in [3.63, 3.8) is 0 Å². The van der Waals surface area contributed by atoms with Crippen LogP contribution < -0.4 is 4.90 Å². The van der Waals surface area contributed by atoms with Crippen molar-refractivity contribution in [2.75, 3.05) is 4.90 Å². The lowest BCUT2D eigenvalue weighted by molar-refractivity contribution is 0.768. The summed E-state index contributed by atoms with van der Waals surface area (Å²) in [6.07, 6.45) is 3.82. The molecule has 0 amide bonds. The van der Waals surface area contributed by atoms with E-state index in [-0.39, 0.29) is 0 Å². The minimum absolute atomic E-state index is 0.554. The Labute approximate surface area is 332 Å². The predicted octanol–water partition coefficient (Wildman–Crippen LogP) is 15.2. The first kappa shape index (κ1) is 36.0. The van der Waals surface area contributed by atoms with E-state index in [1.54, 1.807) is 0 Å². The van der Waals surface area contributed by atoms with Gasteiger partial charge >= 0.3 is 0 Å². The van der Waals surface area contributed by atoms with E-state index in [4.69, 9.17) is 0 Å². The molecule has 0 saturated heterocycles. The van der Waals surface area contributed by atoms with Crippen LogP contribution in [0.4, 0.5) is 17.1 Å². The molecule has 0 saturated carbocycles. The van der Waals surface area contributed by atoms with E-state index in [0.29, 0.717) is 0 Å². The molecule has 0 radical (unpaired) electrons. The van der Waals surface area contributed by atoms with E-state index in [2.05, 4.69) is 218 Å². The van der Waals surface area contributed by atoms with Crippen LogP contribution >= 0.6 is 0 Å². The van der Waals surface area contributed by atoms with E-state index in [1.807, 2.05) is 26.0 Å². The van der Waals surface area contributed by atoms with Gasteiger partial charge in [0.15, 0.2) is 0 Å². The van der Waals surface area contributed by atoms with Crippen LogP contribution in [0.2, 0.25) is 0 Å². The summed E-state index contributed by atoms with van der Waals surface area (Å²) in [5, 5.41) is 0. The Kier molecular flexibility index (Phi) is 10.2. The summed E-state index contributed by atoms with van der Waals surface area (Å²) < 4.78 is 0. The molecular weight excluding hydrogens is 675 g/mol. The van der Waals surface area contributed by atoms with Crippen molar-refractivity contribution in [1.82, 2.24) is 0 Å². The summed E-state index contributed by atoms with van der Waals surface area (Å²) in [5.41, 5.74) is 17.2. The molecule has 8 aromatic carbocycles. The lowest BCUT2D eigenvalue weighted by Gasteiger charge is -2.34. The molecule has 8 aromatic rings. The predicted molar refractivity (Wildman–Crippen MR) is 241 cm³/mol. The van der Waals surface area contributed by atoms with Gasteiger partial charge in [-0.25, -0.2) is 0 Å². The molecule has 0 spiro atoms. The molecule has 0 aliphatic heterocycles. The zero-order valence-corrected chi connectivity index (χ0v) is 32.1. The van der Waals surface area contributed by atoms with Gasteiger partial charge in [-0.1, -0.05) is 209 Å². The number of hydrogen-bond donors (Lipinski definition) is 0. The Morgan fingerprint density at radius 1 is 0.393 bits per heavy atom. The third-order valence-electron chi connectivity index (χ3n) is 10.9. The first-order valence-electron chi connectivity index (χ1n) is 19.5. The maximum Gasteiger partial charge on any atom is 0.0714 e. The molecule has 270 valence electrons. The fourth-order valence-electron chi connectivity index (χ4n) is 8.32. The molecule has 9 rings (SSSR count). The number of rotatable bonds is 9. The Morgan fingerprint density at radius 3 is 1.27 bits per heavy atom. The summed E-state index contributed by atoms with van der Waals surface area (Å²) in [6, 6.07) is 72.8. The van der Waals surface area contributed by atoms with Crippen molar-refractivity contribution in [2.45, 2.75) is 19.3 Å². The SMILES string of the molecule is C=Cc1ccc(C2(c3ccc(C=C)cc3)c3ccccc3-c3c(N(c4ccc(-c5ccccc5)cc4)c4ccc(-c5ccccc5)cc4)cccc32)cc1.CC. The van der Waals surface area contributed by atoms with Crippen LogP contribution in [-0.4, -0.2) is 0 Å². The van der Waals surface area contributed by atoms with Crippen molar-refractivity contribution in [1.29, 1.82) is 0 Å². The van der Waals surface area contributed by atoms with Gasteiger partial charge in [-0.15, -0.1) is 0 Å².